The van der Waals surface area contributed by atoms with E-state index in [1.807, 2.05) is 4.68 Å². The summed E-state index contributed by atoms with van der Waals surface area (Å²) >= 11 is 1.68. The van der Waals surface area contributed by atoms with Crippen LogP contribution in [0.25, 0.3) is 0 Å². The lowest BCUT2D eigenvalue weighted by Gasteiger charge is -2.16. The zero-order valence-electron chi connectivity index (χ0n) is 15.4. The number of hydrogen-bond acceptors (Lipinski definition) is 6. The van der Waals surface area contributed by atoms with Crippen LogP contribution < -0.4 is 4.80 Å². The van der Waals surface area contributed by atoms with Gasteiger partial charge in [0.1, 0.15) is 5.75 Å². The molecule has 3 N–H and O–H groups in total. The molecule has 2 aliphatic carbocycles. The predicted octanol–water partition coefficient (Wildman–Crippen LogP) is 3.97. The van der Waals surface area contributed by atoms with Crippen molar-refractivity contribution in [3.8, 4) is 17.2 Å². The van der Waals surface area contributed by atoms with Gasteiger partial charge in [0.15, 0.2) is 11.5 Å². The molecule has 2 saturated carbocycles. The van der Waals surface area contributed by atoms with Crippen LogP contribution in [0.4, 0.5) is 0 Å². The van der Waals surface area contributed by atoms with Crippen LogP contribution in [0.3, 0.4) is 0 Å². The first-order valence-corrected chi connectivity index (χ1v) is 10.4. The molecule has 144 valence electrons. The summed E-state index contributed by atoms with van der Waals surface area (Å²) in [6, 6.07) is 2.79. The van der Waals surface area contributed by atoms with Crippen LogP contribution in [0.2, 0.25) is 0 Å². The summed E-state index contributed by atoms with van der Waals surface area (Å²) in [5.41, 5.74) is 1.56. The Kier molecular flexibility index (Phi) is 4.95. The van der Waals surface area contributed by atoms with E-state index in [4.69, 9.17) is 4.99 Å². The molecule has 1 aromatic heterocycles. The van der Waals surface area contributed by atoms with Crippen molar-refractivity contribution >= 4 is 17.6 Å². The molecule has 0 spiro atoms. The number of thiazole rings is 1. The Morgan fingerprint density at radius 2 is 1.70 bits per heavy atom. The minimum Gasteiger partial charge on any atom is -0.507 e. The van der Waals surface area contributed by atoms with E-state index >= 15 is 0 Å². The number of phenols is 3. The Hall–Kier alpha value is -2.28. The van der Waals surface area contributed by atoms with Crippen LogP contribution in [-0.2, 0) is 0 Å². The molecule has 4 rings (SSSR count). The van der Waals surface area contributed by atoms with E-state index in [9.17, 15) is 15.3 Å². The molecule has 0 aliphatic heterocycles. The minimum atomic E-state index is -0.352. The van der Waals surface area contributed by atoms with E-state index in [0.717, 1.165) is 23.7 Å². The molecule has 0 amide bonds. The van der Waals surface area contributed by atoms with E-state index in [2.05, 4.69) is 12.0 Å². The van der Waals surface area contributed by atoms with Crippen molar-refractivity contribution in [3.05, 3.63) is 33.1 Å². The second kappa shape index (κ2) is 7.38. The van der Waals surface area contributed by atoms with Gasteiger partial charge >= 0.3 is 0 Å². The van der Waals surface area contributed by atoms with Crippen LogP contribution in [0, 0.1) is 6.92 Å². The molecule has 0 bridgehead atoms. The van der Waals surface area contributed by atoms with Gasteiger partial charge in [0.05, 0.1) is 18.0 Å². The number of nitrogens with zero attached hydrogens (tertiary/aromatic N) is 3. The Morgan fingerprint density at radius 3 is 2.41 bits per heavy atom. The van der Waals surface area contributed by atoms with E-state index in [1.165, 1.54) is 55.0 Å². The maximum Gasteiger partial charge on any atom is 0.206 e. The smallest absolute Gasteiger partial charge is 0.206 e. The highest BCUT2D eigenvalue weighted by Gasteiger charge is 2.30. The molecule has 0 saturated heterocycles. The fourth-order valence-electron chi connectivity index (χ4n) is 3.67. The van der Waals surface area contributed by atoms with Gasteiger partial charge in [-0.05, 0) is 38.7 Å². The third kappa shape index (κ3) is 3.88. The van der Waals surface area contributed by atoms with Gasteiger partial charge in [-0.3, -0.25) is 4.99 Å². The summed E-state index contributed by atoms with van der Waals surface area (Å²) in [6.07, 6.45) is 9.88. The van der Waals surface area contributed by atoms with E-state index in [1.54, 1.807) is 11.3 Å². The number of benzene rings is 1. The summed E-state index contributed by atoms with van der Waals surface area (Å²) in [5.74, 6) is -0.235. The van der Waals surface area contributed by atoms with Crippen molar-refractivity contribution in [2.24, 2.45) is 10.1 Å². The normalized spacial score (nSPS) is 19.2. The number of aromatic hydroxyl groups is 3. The molecule has 1 aromatic carbocycles. The second-order valence-electron chi connectivity index (χ2n) is 7.48. The first-order valence-electron chi connectivity index (χ1n) is 9.58. The van der Waals surface area contributed by atoms with Crippen molar-refractivity contribution < 1.29 is 15.3 Å². The van der Waals surface area contributed by atoms with Crippen LogP contribution in [0.5, 0.6) is 17.2 Å². The number of aromatic nitrogens is 1. The van der Waals surface area contributed by atoms with Crippen molar-refractivity contribution in [3.63, 3.8) is 0 Å². The summed E-state index contributed by atoms with van der Waals surface area (Å²) in [7, 11) is 0. The molecule has 2 fully saturated rings. The topological polar surface area (TPSA) is 90.3 Å². The monoisotopic (exact) mass is 387 g/mol. The Balaban J connectivity index is 1.74. The molecular formula is C20H25N3O3S. The third-order valence-electron chi connectivity index (χ3n) is 5.28. The van der Waals surface area contributed by atoms with Crippen LogP contribution in [-0.4, -0.2) is 32.3 Å². The molecule has 2 aliphatic rings. The minimum absolute atomic E-state index is 0.125. The third-order valence-corrected chi connectivity index (χ3v) is 6.26. The maximum absolute atomic E-state index is 10.0. The quantitative estimate of drug-likeness (QED) is 0.421. The van der Waals surface area contributed by atoms with Gasteiger partial charge in [0.25, 0.3) is 0 Å². The lowest BCUT2D eigenvalue weighted by atomic mass is 9.96. The zero-order valence-corrected chi connectivity index (χ0v) is 16.2. The Labute approximate surface area is 162 Å². The van der Waals surface area contributed by atoms with E-state index < -0.39 is 0 Å². The molecule has 7 heteroatoms. The summed E-state index contributed by atoms with van der Waals surface area (Å²) in [5, 5.41) is 33.8. The first-order chi connectivity index (χ1) is 13.0. The Bertz CT molecular complexity index is 935. The number of rotatable bonds is 4. The number of aryl methyl sites for hydroxylation is 1. The lowest BCUT2D eigenvalue weighted by molar-refractivity contribution is 0.396. The fraction of sp³-hybridized carbons (Fsp3) is 0.500. The molecule has 27 heavy (non-hydrogen) atoms. The van der Waals surface area contributed by atoms with Crippen molar-refractivity contribution in [1.29, 1.82) is 0 Å². The molecule has 2 aromatic rings. The summed E-state index contributed by atoms with van der Waals surface area (Å²) in [4.78, 5) is 7.13. The molecule has 6 nitrogen and oxygen atoms in total. The lowest BCUT2D eigenvalue weighted by Crippen LogP contribution is -2.19. The van der Waals surface area contributed by atoms with Crippen LogP contribution in [0.1, 0.15) is 67.0 Å². The van der Waals surface area contributed by atoms with Gasteiger partial charge in [-0.25, -0.2) is 4.68 Å². The average Bonchev–Trinajstić information content (AvgIpc) is 3.43. The van der Waals surface area contributed by atoms with Crippen LogP contribution in [0.15, 0.2) is 22.2 Å². The fourth-order valence-corrected chi connectivity index (χ4v) is 4.73. The highest BCUT2D eigenvalue weighted by molar-refractivity contribution is 7.09. The Morgan fingerprint density at radius 1 is 1.00 bits per heavy atom. The van der Waals surface area contributed by atoms with Gasteiger partial charge in [-0.1, -0.05) is 19.3 Å². The van der Waals surface area contributed by atoms with Crippen molar-refractivity contribution in [2.45, 2.75) is 63.8 Å². The van der Waals surface area contributed by atoms with Gasteiger partial charge < -0.3 is 15.3 Å². The molecule has 1 heterocycles. The zero-order chi connectivity index (χ0) is 19.0. The highest BCUT2D eigenvalue weighted by Crippen LogP contribution is 2.42. The van der Waals surface area contributed by atoms with Gasteiger partial charge in [0.2, 0.25) is 4.80 Å². The van der Waals surface area contributed by atoms with Crippen molar-refractivity contribution in [2.75, 3.05) is 0 Å². The summed E-state index contributed by atoms with van der Waals surface area (Å²) < 4.78 is 1.91. The first kappa shape index (κ1) is 18.1. The van der Waals surface area contributed by atoms with Crippen LogP contribution >= 0.6 is 11.3 Å². The van der Waals surface area contributed by atoms with E-state index in [0.29, 0.717) is 17.5 Å². The van der Waals surface area contributed by atoms with Gasteiger partial charge in [-0.15, -0.1) is 11.3 Å². The largest absolute Gasteiger partial charge is 0.507 e. The molecule has 0 radical (unpaired) electrons. The molecule has 0 atom stereocenters. The molecular weight excluding hydrogens is 362 g/mol. The standard InChI is InChI=1S/C20H25N3O3S/c1-12-19(13-7-8-13)23(20(27-12)22-15-5-3-2-4-6-15)21-11-14-9-17(25)18(26)10-16(14)24/h9-11,13,15,24-26H,2-8H2,1H3/b21-11+,22-20-. The molecule has 0 unspecified atom stereocenters. The predicted molar refractivity (Wildman–Crippen MR) is 106 cm³/mol. The van der Waals surface area contributed by atoms with Crippen molar-refractivity contribution in [1.82, 2.24) is 4.68 Å². The second-order valence-corrected chi connectivity index (χ2v) is 8.66. The van der Waals surface area contributed by atoms with Gasteiger partial charge in [0, 0.05) is 22.4 Å². The SMILES string of the molecule is Cc1s/c(=N\C2CCCCC2)n(/N=C/c2cc(O)c(O)cc2O)c1C1CC1. The average molecular weight is 388 g/mol. The maximum atomic E-state index is 10.0. The summed E-state index contributed by atoms with van der Waals surface area (Å²) in [6.45, 7) is 2.12. The van der Waals surface area contributed by atoms with Gasteiger partial charge in [-0.2, -0.15) is 5.10 Å². The number of phenolic OH excluding ortho intramolecular Hbond substituents is 3. The van der Waals surface area contributed by atoms with E-state index in [-0.39, 0.29) is 17.2 Å². The highest BCUT2D eigenvalue weighted by atomic mass is 32.1. The number of hydrogen-bond donors (Lipinski definition) is 3.